The standard InChI is InChI=1S/C12H20N2/c1-2-13-12-5-11(4-8(1)12)14-6-9-3-10(9)7-14/h8-13H,1-7H2. The first-order chi connectivity index (χ1) is 6.90. The van der Waals surface area contributed by atoms with Gasteiger partial charge in [0.1, 0.15) is 0 Å². The Morgan fingerprint density at radius 2 is 1.79 bits per heavy atom. The van der Waals surface area contributed by atoms with Crippen molar-refractivity contribution in [2.24, 2.45) is 17.8 Å². The number of fused-ring (bicyclic) bond motifs is 2. The first-order valence-electron chi connectivity index (χ1n) is 6.37. The Balaban J connectivity index is 1.43. The lowest BCUT2D eigenvalue weighted by Crippen LogP contribution is -2.34. The smallest absolute Gasteiger partial charge is 0.0114 e. The minimum atomic E-state index is 0.886. The molecule has 2 nitrogen and oxygen atoms in total. The molecular weight excluding hydrogens is 172 g/mol. The quantitative estimate of drug-likeness (QED) is 0.669. The topological polar surface area (TPSA) is 15.3 Å². The molecule has 0 bridgehead atoms. The fourth-order valence-electron chi connectivity index (χ4n) is 4.15. The summed E-state index contributed by atoms with van der Waals surface area (Å²) >= 11 is 0. The number of rotatable bonds is 1. The highest BCUT2D eigenvalue weighted by Crippen LogP contribution is 2.47. The molecule has 0 radical (unpaired) electrons. The molecule has 2 aliphatic carbocycles. The van der Waals surface area contributed by atoms with E-state index in [0.29, 0.717) is 0 Å². The van der Waals surface area contributed by atoms with Crippen LogP contribution in [0.25, 0.3) is 0 Å². The Morgan fingerprint density at radius 3 is 2.57 bits per heavy atom. The van der Waals surface area contributed by atoms with Crippen molar-refractivity contribution in [3.63, 3.8) is 0 Å². The number of nitrogens with one attached hydrogen (secondary N) is 1. The van der Waals surface area contributed by atoms with Crippen molar-refractivity contribution in [1.82, 2.24) is 10.2 Å². The minimum Gasteiger partial charge on any atom is -0.314 e. The van der Waals surface area contributed by atoms with Crippen LogP contribution >= 0.6 is 0 Å². The van der Waals surface area contributed by atoms with Gasteiger partial charge in [0.25, 0.3) is 0 Å². The average Bonchev–Trinajstić information content (AvgIpc) is 2.59. The summed E-state index contributed by atoms with van der Waals surface area (Å²) in [5.74, 6) is 3.25. The molecule has 14 heavy (non-hydrogen) atoms. The zero-order valence-corrected chi connectivity index (χ0v) is 8.78. The van der Waals surface area contributed by atoms with Crippen molar-refractivity contribution < 1.29 is 0 Å². The van der Waals surface area contributed by atoms with Gasteiger partial charge in [-0.15, -0.1) is 0 Å². The van der Waals surface area contributed by atoms with E-state index in [4.69, 9.17) is 0 Å². The van der Waals surface area contributed by atoms with Crippen LogP contribution in [-0.2, 0) is 0 Å². The van der Waals surface area contributed by atoms with Crippen LogP contribution in [0, 0.1) is 17.8 Å². The number of piperidine rings is 1. The number of likely N-dealkylation sites (tertiary alicyclic amines) is 1. The molecule has 2 aliphatic heterocycles. The molecule has 0 amide bonds. The van der Waals surface area contributed by atoms with Crippen LogP contribution in [0.2, 0.25) is 0 Å². The van der Waals surface area contributed by atoms with Gasteiger partial charge in [-0.3, -0.25) is 4.90 Å². The predicted molar refractivity (Wildman–Crippen MR) is 56.1 cm³/mol. The van der Waals surface area contributed by atoms with E-state index >= 15 is 0 Å². The number of nitrogens with zero attached hydrogens (tertiary/aromatic N) is 1. The molecule has 0 aromatic heterocycles. The van der Waals surface area contributed by atoms with Crippen molar-refractivity contribution in [2.75, 3.05) is 19.6 Å². The zero-order chi connectivity index (χ0) is 9.12. The van der Waals surface area contributed by atoms with Gasteiger partial charge in [-0.25, -0.2) is 0 Å². The Kier molecular flexibility index (Phi) is 1.58. The van der Waals surface area contributed by atoms with Gasteiger partial charge in [-0.05, 0) is 50.0 Å². The van der Waals surface area contributed by atoms with E-state index in [0.717, 1.165) is 29.8 Å². The van der Waals surface area contributed by atoms with Crippen molar-refractivity contribution in [3.05, 3.63) is 0 Å². The van der Waals surface area contributed by atoms with E-state index in [-0.39, 0.29) is 0 Å². The second kappa shape index (κ2) is 2.73. The van der Waals surface area contributed by atoms with Crippen LogP contribution in [0.5, 0.6) is 0 Å². The van der Waals surface area contributed by atoms with E-state index in [1.807, 2.05) is 0 Å². The van der Waals surface area contributed by atoms with Gasteiger partial charge in [0, 0.05) is 25.2 Å². The monoisotopic (exact) mass is 192 g/mol. The summed E-state index contributed by atoms with van der Waals surface area (Å²) in [5, 5.41) is 3.67. The highest BCUT2D eigenvalue weighted by Gasteiger charge is 2.49. The molecule has 4 fully saturated rings. The number of hydrogen-bond acceptors (Lipinski definition) is 2. The molecule has 2 heteroatoms. The van der Waals surface area contributed by atoms with Gasteiger partial charge in [-0.1, -0.05) is 0 Å². The van der Waals surface area contributed by atoms with Gasteiger partial charge in [0.15, 0.2) is 0 Å². The summed E-state index contributed by atoms with van der Waals surface area (Å²) in [6.07, 6.45) is 5.94. The first-order valence-corrected chi connectivity index (χ1v) is 6.37. The molecule has 5 atom stereocenters. The maximum absolute atomic E-state index is 3.67. The molecule has 0 aromatic rings. The molecular formula is C12H20N2. The number of hydrogen-bond donors (Lipinski definition) is 1. The summed E-state index contributed by atoms with van der Waals surface area (Å²) in [4.78, 5) is 2.80. The van der Waals surface area contributed by atoms with Crippen LogP contribution in [-0.4, -0.2) is 36.6 Å². The molecule has 1 N–H and O–H groups in total. The normalized spacial score (nSPS) is 56.1. The van der Waals surface area contributed by atoms with E-state index in [2.05, 4.69) is 10.2 Å². The molecule has 2 saturated carbocycles. The Hall–Kier alpha value is -0.0800. The lowest BCUT2D eigenvalue weighted by atomic mass is 10.0. The summed E-state index contributed by atoms with van der Waals surface area (Å²) in [6, 6.07) is 1.84. The Bertz CT molecular complexity index is 231. The molecule has 2 saturated heterocycles. The third kappa shape index (κ3) is 1.10. The SMILES string of the molecule is C1CC2CC(N3CC4CC4C3)CC2N1. The lowest BCUT2D eigenvalue weighted by molar-refractivity contribution is 0.214. The molecule has 5 unspecified atom stereocenters. The van der Waals surface area contributed by atoms with Crippen LogP contribution in [0.4, 0.5) is 0 Å². The van der Waals surface area contributed by atoms with Gasteiger partial charge >= 0.3 is 0 Å². The van der Waals surface area contributed by atoms with Crippen molar-refractivity contribution in [2.45, 2.75) is 37.8 Å². The lowest BCUT2D eigenvalue weighted by Gasteiger charge is -2.25. The van der Waals surface area contributed by atoms with E-state index < -0.39 is 0 Å². The van der Waals surface area contributed by atoms with E-state index in [1.165, 1.54) is 38.9 Å². The molecule has 2 heterocycles. The van der Waals surface area contributed by atoms with Crippen LogP contribution in [0.1, 0.15) is 25.7 Å². The molecule has 0 spiro atoms. The highest BCUT2D eigenvalue weighted by atomic mass is 15.2. The minimum absolute atomic E-state index is 0.886. The van der Waals surface area contributed by atoms with Gasteiger partial charge < -0.3 is 5.32 Å². The maximum Gasteiger partial charge on any atom is 0.0114 e. The summed E-state index contributed by atoms with van der Waals surface area (Å²) in [6.45, 7) is 4.16. The first kappa shape index (κ1) is 8.12. The Labute approximate surface area is 86.0 Å². The van der Waals surface area contributed by atoms with Crippen LogP contribution < -0.4 is 5.32 Å². The predicted octanol–water partition coefficient (Wildman–Crippen LogP) is 1.08. The molecule has 0 aromatic carbocycles. The molecule has 78 valence electrons. The summed E-state index contributed by atoms with van der Waals surface area (Å²) in [5.41, 5.74) is 0. The third-order valence-corrected chi connectivity index (χ3v) is 5.11. The maximum atomic E-state index is 3.67. The zero-order valence-electron chi connectivity index (χ0n) is 8.78. The highest BCUT2D eigenvalue weighted by molar-refractivity contribution is 5.03. The van der Waals surface area contributed by atoms with Gasteiger partial charge in [0.2, 0.25) is 0 Å². The van der Waals surface area contributed by atoms with E-state index in [1.54, 1.807) is 6.42 Å². The second-order valence-electron chi connectivity index (χ2n) is 5.94. The van der Waals surface area contributed by atoms with Crippen molar-refractivity contribution >= 4 is 0 Å². The average molecular weight is 192 g/mol. The van der Waals surface area contributed by atoms with E-state index in [9.17, 15) is 0 Å². The third-order valence-electron chi connectivity index (χ3n) is 5.11. The molecule has 4 rings (SSSR count). The van der Waals surface area contributed by atoms with Crippen molar-refractivity contribution in [3.8, 4) is 0 Å². The van der Waals surface area contributed by atoms with Gasteiger partial charge in [0.05, 0.1) is 0 Å². The van der Waals surface area contributed by atoms with Crippen molar-refractivity contribution in [1.29, 1.82) is 0 Å². The van der Waals surface area contributed by atoms with Crippen LogP contribution in [0.3, 0.4) is 0 Å². The Morgan fingerprint density at radius 1 is 0.929 bits per heavy atom. The van der Waals surface area contributed by atoms with Gasteiger partial charge in [-0.2, -0.15) is 0 Å². The van der Waals surface area contributed by atoms with Crippen LogP contribution in [0.15, 0.2) is 0 Å². The summed E-state index contributed by atoms with van der Waals surface area (Å²) < 4.78 is 0. The molecule has 4 aliphatic rings. The summed E-state index contributed by atoms with van der Waals surface area (Å²) in [7, 11) is 0. The fourth-order valence-corrected chi connectivity index (χ4v) is 4.15. The second-order valence-corrected chi connectivity index (χ2v) is 5.94. The largest absolute Gasteiger partial charge is 0.314 e. The fraction of sp³-hybridized carbons (Fsp3) is 1.00.